The quantitative estimate of drug-likeness (QED) is 0.645. The second-order valence-corrected chi connectivity index (χ2v) is 7.54. The van der Waals surface area contributed by atoms with Crippen LogP contribution in [0.25, 0.3) is 0 Å². The van der Waals surface area contributed by atoms with Crippen LogP contribution in [-0.2, 0) is 11.2 Å². The van der Waals surface area contributed by atoms with Gasteiger partial charge in [-0.15, -0.1) is 5.10 Å². The van der Waals surface area contributed by atoms with Crippen LogP contribution < -0.4 is 11.3 Å². The van der Waals surface area contributed by atoms with Crippen molar-refractivity contribution in [2.75, 3.05) is 0 Å². The van der Waals surface area contributed by atoms with Gasteiger partial charge in [0.15, 0.2) is 0 Å². The molecular formula is C14H26N4OS. The summed E-state index contributed by atoms with van der Waals surface area (Å²) in [5, 5.41) is 4.26. The number of hydrogen-bond acceptors (Lipinski definition) is 6. The first kappa shape index (κ1) is 15.8. The Balaban J connectivity index is 2.30. The zero-order valence-electron chi connectivity index (χ0n) is 13.1. The molecule has 0 amide bonds. The fourth-order valence-electron chi connectivity index (χ4n) is 3.36. The molecule has 0 aromatic carbocycles. The highest BCUT2D eigenvalue weighted by Gasteiger charge is 2.50. The molecule has 1 saturated heterocycles. The van der Waals surface area contributed by atoms with Crippen molar-refractivity contribution in [3.05, 3.63) is 10.6 Å². The Bertz CT molecular complexity index is 458. The van der Waals surface area contributed by atoms with Crippen molar-refractivity contribution < 1.29 is 4.74 Å². The van der Waals surface area contributed by atoms with Crippen LogP contribution in [0.2, 0.25) is 0 Å². The van der Waals surface area contributed by atoms with Crippen molar-refractivity contribution in [3.63, 3.8) is 0 Å². The van der Waals surface area contributed by atoms with Gasteiger partial charge in [0.05, 0.1) is 27.8 Å². The normalized spacial score (nSPS) is 25.8. The van der Waals surface area contributed by atoms with Gasteiger partial charge in [0.1, 0.15) is 0 Å². The topological polar surface area (TPSA) is 73.1 Å². The molecule has 2 unspecified atom stereocenters. The van der Waals surface area contributed by atoms with E-state index in [9.17, 15) is 0 Å². The van der Waals surface area contributed by atoms with E-state index >= 15 is 0 Å². The van der Waals surface area contributed by atoms with Crippen LogP contribution in [0.3, 0.4) is 0 Å². The summed E-state index contributed by atoms with van der Waals surface area (Å²) in [4.78, 5) is 1.16. The minimum absolute atomic E-state index is 0.0494. The summed E-state index contributed by atoms with van der Waals surface area (Å²) in [6.07, 6.45) is 2.98. The Morgan fingerprint density at radius 2 is 2.15 bits per heavy atom. The molecule has 114 valence electrons. The maximum Gasteiger partial charge on any atom is 0.0804 e. The second-order valence-electron chi connectivity index (χ2n) is 6.75. The predicted octanol–water partition coefficient (Wildman–Crippen LogP) is 2.59. The zero-order chi connectivity index (χ0) is 15.0. The fraction of sp³-hybridized carbons (Fsp3) is 0.857. The predicted molar refractivity (Wildman–Crippen MR) is 81.3 cm³/mol. The zero-order valence-corrected chi connectivity index (χ0v) is 13.9. The smallest absolute Gasteiger partial charge is 0.0804 e. The largest absolute Gasteiger partial charge is 0.369 e. The molecule has 2 rings (SSSR count). The Kier molecular flexibility index (Phi) is 4.49. The molecule has 1 aromatic heterocycles. The van der Waals surface area contributed by atoms with E-state index in [0.29, 0.717) is 5.92 Å². The van der Waals surface area contributed by atoms with E-state index in [1.165, 1.54) is 11.5 Å². The van der Waals surface area contributed by atoms with E-state index in [4.69, 9.17) is 10.6 Å². The third-order valence-electron chi connectivity index (χ3n) is 4.08. The fourth-order valence-corrected chi connectivity index (χ4v) is 4.18. The molecule has 0 aliphatic carbocycles. The number of rotatable bonds is 5. The lowest BCUT2D eigenvalue weighted by Gasteiger charge is -2.32. The maximum atomic E-state index is 6.20. The molecule has 1 fully saturated rings. The van der Waals surface area contributed by atoms with Crippen molar-refractivity contribution >= 4 is 11.5 Å². The van der Waals surface area contributed by atoms with Crippen molar-refractivity contribution in [1.82, 2.24) is 15.0 Å². The number of hydrogen-bond donors (Lipinski definition) is 2. The molecule has 5 nitrogen and oxygen atoms in total. The number of aromatic nitrogens is 2. The number of nitrogens with zero attached hydrogens (tertiary/aromatic N) is 2. The van der Waals surface area contributed by atoms with E-state index in [-0.39, 0.29) is 17.2 Å². The van der Waals surface area contributed by atoms with Crippen LogP contribution in [0, 0.1) is 5.92 Å². The van der Waals surface area contributed by atoms with Crippen molar-refractivity contribution in [1.29, 1.82) is 0 Å². The lowest BCUT2D eigenvalue weighted by molar-refractivity contribution is -0.0778. The molecular weight excluding hydrogens is 272 g/mol. The number of ether oxygens (including phenoxy) is 1. The van der Waals surface area contributed by atoms with E-state index in [1.807, 2.05) is 0 Å². The first-order valence-electron chi connectivity index (χ1n) is 7.28. The Labute approximate surface area is 125 Å². The first-order chi connectivity index (χ1) is 9.30. The average molecular weight is 298 g/mol. The molecule has 0 saturated carbocycles. The summed E-state index contributed by atoms with van der Waals surface area (Å²) in [6, 6.07) is 0.0494. The SMILES string of the molecule is CCCc1nnsc1C(NN)C1CC(C)(C)OC1(C)C. The van der Waals surface area contributed by atoms with Gasteiger partial charge in [0, 0.05) is 5.92 Å². The summed E-state index contributed by atoms with van der Waals surface area (Å²) in [7, 11) is 0. The van der Waals surface area contributed by atoms with Crippen LogP contribution in [-0.4, -0.2) is 20.8 Å². The van der Waals surface area contributed by atoms with Gasteiger partial charge in [0.25, 0.3) is 0 Å². The average Bonchev–Trinajstić information content (AvgIpc) is 2.84. The van der Waals surface area contributed by atoms with Gasteiger partial charge >= 0.3 is 0 Å². The standard InChI is InChI=1S/C14H26N4OS/c1-6-7-10-12(20-18-17-10)11(16-15)9-8-13(2,3)19-14(9,4)5/h9,11,16H,6-8,15H2,1-5H3. The van der Waals surface area contributed by atoms with Crippen LogP contribution in [0.1, 0.15) is 64.1 Å². The van der Waals surface area contributed by atoms with Crippen LogP contribution in [0.15, 0.2) is 0 Å². The molecule has 20 heavy (non-hydrogen) atoms. The van der Waals surface area contributed by atoms with Gasteiger partial charge in [-0.3, -0.25) is 11.3 Å². The van der Waals surface area contributed by atoms with E-state index in [2.05, 4.69) is 49.6 Å². The van der Waals surface area contributed by atoms with Crippen molar-refractivity contribution in [2.45, 2.75) is 71.1 Å². The van der Waals surface area contributed by atoms with Gasteiger partial charge in [0.2, 0.25) is 0 Å². The summed E-state index contributed by atoms with van der Waals surface area (Å²) in [5.74, 6) is 6.17. The summed E-state index contributed by atoms with van der Waals surface area (Å²) >= 11 is 1.45. The minimum atomic E-state index is -0.214. The molecule has 1 aliphatic rings. The number of nitrogens with two attached hydrogens (primary N) is 1. The van der Waals surface area contributed by atoms with Gasteiger partial charge in [-0.25, -0.2) is 0 Å². The maximum absolute atomic E-state index is 6.20. The molecule has 6 heteroatoms. The Morgan fingerprint density at radius 3 is 2.65 bits per heavy atom. The highest BCUT2D eigenvalue weighted by molar-refractivity contribution is 7.05. The van der Waals surface area contributed by atoms with Gasteiger partial charge in [-0.2, -0.15) is 0 Å². The number of aryl methyl sites for hydroxylation is 1. The molecule has 0 spiro atoms. The Morgan fingerprint density at radius 1 is 1.45 bits per heavy atom. The summed E-state index contributed by atoms with van der Waals surface area (Å²) in [5.41, 5.74) is 3.73. The first-order valence-corrected chi connectivity index (χ1v) is 8.05. The summed E-state index contributed by atoms with van der Waals surface area (Å²) < 4.78 is 10.3. The van der Waals surface area contributed by atoms with E-state index in [0.717, 1.165) is 29.8 Å². The van der Waals surface area contributed by atoms with Gasteiger partial charge in [-0.05, 0) is 52.1 Å². The number of nitrogens with one attached hydrogen (secondary N) is 1. The van der Waals surface area contributed by atoms with Gasteiger partial charge in [-0.1, -0.05) is 17.8 Å². The van der Waals surface area contributed by atoms with Crippen LogP contribution >= 0.6 is 11.5 Å². The van der Waals surface area contributed by atoms with Gasteiger partial charge < -0.3 is 4.74 Å². The molecule has 2 heterocycles. The summed E-state index contributed by atoms with van der Waals surface area (Å²) in [6.45, 7) is 10.7. The highest BCUT2D eigenvalue weighted by Crippen LogP contribution is 2.48. The number of hydrazine groups is 1. The molecule has 1 aromatic rings. The molecule has 3 N–H and O–H groups in total. The lowest BCUT2D eigenvalue weighted by Crippen LogP contribution is -2.41. The highest BCUT2D eigenvalue weighted by atomic mass is 32.1. The molecule has 0 radical (unpaired) electrons. The van der Waals surface area contributed by atoms with Crippen molar-refractivity contribution in [3.8, 4) is 0 Å². The Hall–Kier alpha value is -0.560. The van der Waals surface area contributed by atoms with Crippen LogP contribution in [0.5, 0.6) is 0 Å². The third kappa shape index (κ3) is 3.03. The van der Waals surface area contributed by atoms with E-state index < -0.39 is 0 Å². The van der Waals surface area contributed by atoms with Crippen LogP contribution in [0.4, 0.5) is 0 Å². The monoisotopic (exact) mass is 298 g/mol. The lowest BCUT2D eigenvalue weighted by atomic mass is 9.81. The minimum Gasteiger partial charge on any atom is -0.369 e. The van der Waals surface area contributed by atoms with E-state index in [1.54, 1.807) is 0 Å². The molecule has 1 aliphatic heterocycles. The van der Waals surface area contributed by atoms with Crippen molar-refractivity contribution in [2.24, 2.45) is 11.8 Å². The third-order valence-corrected chi connectivity index (χ3v) is 4.93. The molecule has 2 atom stereocenters. The molecule has 0 bridgehead atoms. The second kappa shape index (κ2) is 5.67.